The third kappa shape index (κ3) is 4.77. The van der Waals surface area contributed by atoms with E-state index in [4.69, 9.17) is 5.73 Å². The number of nitrogens with two attached hydrogens (primary N) is 1. The Hall–Kier alpha value is -1.50. The van der Waals surface area contributed by atoms with Crippen LogP contribution in [0.3, 0.4) is 0 Å². The minimum Gasteiger partial charge on any atom is -0.402 e. The first-order chi connectivity index (χ1) is 11.8. The molecule has 0 heterocycles. The third-order valence-electron chi connectivity index (χ3n) is 5.47. The number of rotatable bonds is 6. The van der Waals surface area contributed by atoms with Crippen LogP contribution < -0.4 is 5.73 Å². The smallest absolute Gasteiger partial charge is 0.0160 e. The van der Waals surface area contributed by atoms with Gasteiger partial charge < -0.3 is 5.73 Å². The maximum Gasteiger partial charge on any atom is 0.0160 e. The van der Waals surface area contributed by atoms with Gasteiger partial charge in [-0.25, -0.2) is 0 Å². The highest BCUT2D eigenvalue weighted by Crippen LogP contribution is 2.44. The normalized spacial score (nSPS) is 24.7. The molecule has 0 saturated carbocycles. The Bertz CT molecular complexity index is 608. The second-order valence-electron chi connectivity index (χ2n) is 8.67. The molecule has 1 heteroatoms. The lowest BCUT2D eigenvalue weighted by atomic mass is 9.67. The highest BCUT2D eigenvalue weighted by atomic mass is 14.6. The average molecular weight is 340 g/mol. The molecule has 2 unspecified atom stereocenters. The molecule has 0 bridgehead atoms. The van der Waals surface area contributed by atoms with Crippen LogP contribution in [0, 0.1) is 29.6 Å². The van der Waals surface area contributed by atoms with E-state index >= 15 is 0 Å². The summed E-state index contributed by atoms with van der Waals surface area (Å²) < 4.78 is 0. The van der Waals surface area contributed by atoms with Gasteiger partial charge >= 0.3 is 0 Å². The summed E-state index contributed by atoms with van der Waals surface area (Å²) in [6.07, 6.45) is 17.2. The summed E-state index contributed by atoms with van der Waals surface area (Å²) in [4.78, 5) is 0. The molecule has 0 aromatic heterocycles. The van der Waals surface area contributed by atoms with Gasteiger partial charge in [0.25, 0.3) is 0 Å². The fourth-order valence-corrected chi connectivity index (χ4v) is 4.01. The lowest BCUT2D eigenvalue weighted by Crippen LogP contribution is -2.28. The summed E-state index contributed by atoms with van der Waals surface area (Å²) in [5, 5.41) is 0. The molecular weight excluding hydrogens is 302 g/mol. The Morgan fingerprint density at radius 3 is 2.48 bits per heavy atom. The van der Waals surface area contributed by atoms with Gasteiger partial charge in [0.1, 0.15) is 0 Å². The molecule has 0 aliphatic heterocycles. The zero-order valence-corrected chi connectivity index (χ0v) is 17.0. The summed E-state index contributed by atoms with van der Waals surface area (Å²) in [6, 6.07) is 0. The van der Waals surface area contributed by atoms with Crippen LogP contribution >= 0.6 is 0 Å². The third-order valence-corrected chi connectivity index (χ3v) is 5.47. The largest absolute Gasteiger partial charge is 0.402 e. The monoisotopic (exact) mass is 339 g/mol. The lowest BCUT2D eigenvalue weighted by Gasteiger charge is -2.37. The fraction of sp³-hybridized carbons (Fsp3) is 0.583. The number of allylic oxidation sites excluding steroid dienone is 10. The number of hydrogen-bond donors (Lipinski definition) is 1. The van der Waals surface area contributed by atoms with E-state index in [0.29, 0.717) is 29.6 Å². The van der Waals surface area contributed by atoms with E-state index in [1.807, 2.05) is 0 Å². The minimum absolute atomic E-state index is 0.444. The molecular formula is C24H37N. The first-order valence-electron chi connectivity index (χ1n) is 10.1. The zero-order chi connectivity index (χ0) is 18.6. The highest BCUT2D eigenvalue weighted by molar-refractivity contribution is 5.50. The summed E-state index contributed by atoms with van der Waals surface area (Å²) in [5.41, 5.74) is 11.9. The van der Waals surface area contributed by atoms with E-state index in [1.54, 1.807) is 5.57 Å². The second-order valence-corrected chi connectivity index (χ2v) is 8.67. The molecule has 2 atom stereocenters. The molecule has 0 spiro atoms. The van der Waals surface area contributed by atoms with Crippen molar-refractivity contribution in [2.45, 2.75) is 60.8 Å². The molecule has 0 aromatic rings. The first kappa shape index (κ1) is 19.8. The molecule has 2 aliphatic carbocycles. The predicted molar refractivity (Wildman–Crippen MR) is 111 cm³/mol. The van der Waals surface area contributed by atoms with Crippen molar-refractivity contribution in [1.82, 2.24) is 0 Å². The highest BCUT2D eigenvalue weighted by Gasteiger charge is 2.33. The van der Waals surface area contributed by atoms with Crippen molar-refractivity contribution in [2.24, 2.45) is 35.3 Å². The van der Waals surface area contributed by atoms with Gasteiger partial charge in [0.05, 0.1) is 0 Å². The molecule has 138 valence electrons. The van der Waals surface area contributed by atoms with Crippen LogP contribution in [-0.4, -0.2) is 0 Å². The van der Waals surface area contributed by atoms with E-state index < -0.39 is 0 Å². The van der Waals surface area contributed by atoms with Gasteiger partial charge in [-0.05, 0) is 54.1 Å². The van der Waals surface area contributed by atoms with Crippen LogP contribution in [0.15, 0.2) is 58.9 Å². The molecule has 0 saturated heterocycles. The summed E-state index contributed by atoms with van der Waals surface area (Å²) in [5.74, 6) is 2.80. The Kier molecular flexibility index (Phi) is 6.93. The number of hydrogen-bond acceptors (Lipinski definition) is 1. The standard InChI is InChI=1S/C24H37N/c1-16(2)14-15-22(21-10-7-8-13-23(21)25)24-19(17(3)4)11-9-12-20(24)18(5)6/h7,9-12,15-19,24H,8,13-14,25H2,1-6H3/b22-15-. The van der Waals surface area contributed by atoms with Crippen molar-refractivity contribution >= 4 is 0 Å². The van der Waals surface area contributed by atoms with E-state index in [0.717, 1.165) is 25.0 Å². The van der Waals surface area contributed by atoms with Gasteiger partial charge in [-0.3, -0.25) is 0 Å². The van der Waals surface area contributed by atoms with Gasteiger partial charge in [0.15, 0.2) is 0 Å². The summed E-state index contributed by atoms with van der Waals surface area (Å²) in [7, 11) is 0. The quantitative estimate of drug-likeness (QED) is 0.582. The summed E-state index contributed by atoms with van der Waals surface area (Å²) in [6.45, 7) is 13.9. The van der Waals surface area contributed by atoms with Gasteiger partial charge in [0, 0.05) is 11.6 Å². The van der Waals surface area contributed by atoms with Crippen LogP contribution in [0.1, 0.15) is 60.8 Å². The summed E-state index contributed by atoms with van der Waals surface area (Å²) >= 11 is 0. The van der Waals surface area contributed by atoms with E-state index in [1.165, 1.54) is 11.1 Å². The molecule has 2 rings (SSSR count). The van der Waals surface area contributed by atoms with Gasteiger partial charge in [-0.15, -0.1) is 0 Å². The first-order valence-corrected chi connectivity index (χ1v) is 10.1. The predicted octanol–water partition coefficient (Wildman–Crippen LogP) is 6.56. The van der Waals surface area contributed by atoms with Gasteiger partial charge in [-0.2, -0.15) is 0 Å². The van der Waals surface area contributed by atoms with Crippen LogP contribution in [0.25, 0.3) is 0 Å². The van der Waals surface area contributed by atoms with Crippen molar-refractivity contribution in [3.63, 3.8) is 0 Å². The Morgan fingerprint density at radius 1 is 1.20 bits per heavy atom. The van der Waals surface area contributed by atoms with Crippen LogP contribution in [0.5, 0.6) is 0 Å². The average Bonchev–Trinajstić information content (AvgIpc) is 2.55. The van der Waals surface area contributed by atoms with Crippen LogP contribution in [0.4, 0.5) is 0 Å². The van der Waals surface area contributed by atoms with E-state index in [-0.39, 0.29) is 0 Å². The van der Waals surface area contributed by atoms with Crippen LogP contribution in [0.2, 0.25) is 0 Å². The topological polar surface area (TPSA) is 26.0 Å². The maximum absolute atomic E-state index is 6.49. The molecule has 0 fully saturated rings. The fourth-order valence-electron chi connectivity index (χ4n) is 4.01. The van der Waals surface area contributed by atoms with E-state index in [9.17, 15) is 0 Å². The van der Waals surface area contributed by atoms with Gasteiger partial charge in [-0.1, -0.05) is 83.6 Å². The van der Waals surface area contributed by atoms with Gasteiger partial charge in [0.2, 0.25) is 0 Å². The van der Waals surface area contributed by atoms with Crippen molar-refractivity contribution in [1.29, 1.82) is 0 Å². The van der Waals surface area contributed by atoms with Crippen molar-refractivity contribution < 1.29 is 0 Å². The Morgan fingerprint density at radius 2 is 1.92 bits per heavy atom. The maximum atomic E-state index is 6.49. The van der Waals surface area contributed by atoms with Crippen molar-refractivity contribution in [2.75, 3.05) is 0 Å². The molecule has 2 N–H and O–H groups in total. The lowest BCUT2D eigenvalue weighted by molar-refractivity contribution is 0.365. The molecule has 25 heavy (non-hydrogen) atoms. The molecule has 0 radical (unpaired) electrons. The van der Waals surface area contributed by atoms with E-state index in [2.05, 4.69) is 78.0 Å². The molecule has 1 nitrogen and oxygen atoms in total. The molecule has 2 aliphatic rings. The Labute approximate surface area is 155 Å². The van der Waals surface area contributed by atoms with Crippen molar-refractivity contribution in [3.05, 3.63) is 58.9 Å². The zero-order valence-electron chi connectivity index (χ0n) is 17.0. The molecule has 0 amide bonds. The Balaban J connectivity index is 2.56. The van der Waals surface area contributed by atoms with Crippen LogP contribution in [-0.2, 0) is 0 Å². The van der Waals surface area contributed by atoms with Crippen molar-refractivity contribution in [3.8, 4) is 0 Å². The second kappa shape index (κ2) is 8.74. The SMILES string of the molecule is CC(C)C/C=C(/C1=C(N)CCC=C1)C1C(C(C)C)=CC=CC1C(C)C. The molecule has 0 aromatic carbocycles. The minimum atomic E-state index is 0.444.